The molecule has 2 rings (SSSR count). The summed E-state index contributed by atoms with van der Waals surface area (Å²) in [6.07, 6.45) is 0.878. The molecular formula is C19H27NO4. The summed E-state index contributed by atoms with van der Waals surface area (Å²) in [6, 6.07) is 7.70. The molecule has 2 atom stereocenters. The molecule has 132 valence electrons. The Hall–Kier alpha value is -2.04. The number of aliphatic carboxylic acids is 1. The average Bonchev–Trinajstić information content (AvgIpc) is 3.01. The van der Waals surface area contributed by atoms with Crippen LogP contribution in [-0.4, -0.2) is 42.1 Å². The number of carboxylic acids is 1. The molecule has 0 radical (unpaired) electrons. The average molecular weight is 333 g/mol. The highest BCUT2D eigenvalue weighted by atomic mass is 16.5. The molecule has 5 heteroatoms. The van der Waals surface area contributed by atoms with Gasteiger partial charge < -0.3 is 14.7 Å². The van der Waals surface area contributed by atoms with Crippen LogP contribution in [0.2, 0.25) is 0 Å². The van der Waals surface area contributed by atoms with Gasteiger partial charge in [-0.15, -0.1) is 0 Å². The predicted octanol–water partition coefficient (Wildman–Crippen LogP) is 3.15. The fourth-order valence-electron chi connectivity index (χ4n) is 3.51. The van der Waals surface area contributed by atoms with Gasteiger partial charge in [0.15, 0.2) is 0 Å². The van der Waals surface area contributed by atoms with Crippen LogP contribution in [0.3, 0.4) is 0 Å². The van der Waals surface area contributed by atoms with Gasteiger partial charge in [-0.1, -0.05) is 39.0 Å². The van der Waals surface area contributed by atoms with Gasteiger partial charge in [-0.05, 0) is 29.9 Å². The molecule has 0 aromatic heterocycles. The number of rotatable bonds is 6. The molecule has 1 aromatic rings. The van der Waals surface area contributed by atoms with Crippen LogP contribution in [0, 0.1) is 11.3 Å². The van der Waals surface area contributed by atoms with E-state index in [1.807, 2.05) is 45.0 Å². The summed E-state index contributed by atoms with van der Waals surface area (Å²) in [7, 11) is 1.62. The topological polar surface area (TPSA) is 66.8 Å². The second-order valence-electron chi connectivity index (χ2n) is 7.03. The third kappa shape index (κ3) is 3.40. The minimum absolute atomic E-state index is 0.000518. The van der Waals surface area contributed by atoms with Crippen molar-refractivity contribution in [3.8, 4) is 5.75 Å². The van der Waals surface area contributed by atoms with E-state index < -0.39 is 11.4 Å². The Bertz CT molecular complexity index is 613. The van der Waals surface area contributed by atoms with Gasteiger partial charge in [-0.25, -0.2) is 0 Å². The summed E-state index contributed by atoms with van der Waals surface area (Å²) < 4.78 is 5.37. The van der Waals surface area contributed by atoms with Crippen LogP contribution in [-0.2, 0) is 9.59 Å². The van der Waals surface area contributed by atoms with E-state index in [-0.39, 0.29) is 17.7 Å². The first-order valence-corrected chi connectivity index (χ1v) is 8.46. The number of carbonyl (C=O) groups excluding carboxylic acids is 1. The fraction of sp³-hybridized carbons (Fsp3) is 0.579. The van der Waals surface area contributed by atoms with Crippen LogP contribution < -0.4 is 4.74 Å². The minimum Gasteiger partial charge on any atom is -0.496 e. The lowest BCUT2D eigenvalue weighted by Crippen LogP contribution is -2.40. The number of amides is 1. The molecule has 24 heavy (non-hydrogen) atoms. The van der Waals surface area contributed by atoms with Gasteiger partial charge in [-0.3, -0.25) is 9.59 Å². The van der Waals surface area contributed by atoms with E-state index in [2.05, 4.69) is 0 Å². The third-order valence-corrected chi connectivity index (χ3v) is 5.34. The molecular weight excluding hydrogens is 306 g/mol. The largest absolute Gasteiger partial charge is 0.496 e. The quantitative estimate of drug-likeness (QED) is 0.868. The van der Waals surface area contributed by atoms with Gasteiger partial charge in [0.1, 0.15) is 5.75 Å². The van der Waals surface area contributed by atoms with E-state index in [1.165, 1.54) is 0 Å². The van der Waals surface area contributed by atoms with E-state index in [0.29, 0.717) is 25.9 Å². The number of nitrogens with zero attached hydrogens (tertiary/aromatic N) is 1. The van der Waals surface area contributed by atoms with Crippen molar-refractivity contribution in [1.29, 1.82) is 0 Å². The maximum absolute atomic E-state index is 12.7. The summed E-state index contributed by atoms with van der Waals surface area (Å²) >= 11 is 0. The Morgan fingerprint density at radius 2 is 1.96 bits per heavy atom. The molecule has 0 aliphatic carbocycles. The van der Waals surface area contributed by atoms with Gasteiger partial charge in [-0.2, -0.15) is 0 Å². The van der Waals surface area contributed by atoms with Crippen molar-refractivity contribution in [2.24, 2.45) is 11.3 Å². The maximum Gasteiger partial charge on any atom is 0.311 e. The summed E-state index contributed by atoms with van der Waals surface area (Å²) in [5.74, 6) is 0.0102. The van der Waals surface area contributed by atoms with Gasteiger partial charge >= 0.3 is 5.97 Å². The Morgan fingerprint density at radius 1 is 1.29 bits per heavy atom. The van der Waals surface area contributed by atoms with E-state index in [9.17, 15) is 14.7 Å². The number of methoxy groups -OCH3 is 1. The number of carboxylic acid groups (broad SMARTS) is 1. The van der Waals surface area contributed by atoms with Crippen LogP contribution in [0.5, 0.6) is 5.75 Å². The number of carbonyl (C=O) groups is 2. The molecule has 1 amide bonds. The number of likely N-dealkylation sites (tertiary alicyclic amines) is 1. The van der Waals surface area contributed by atoms with E-state index in [0.717, 1.165) is 11.3 Å². The fourth-order valence-corrected chi connectivity index (χ4v) is 3.51. The summed E-state index contributed by atoms with van der Waals surface area (Å²) in [5.41, 5.74) is 0.185. The van der Waals surface area contributed by atoms with Crippen molar-refractivity contribution < 1.29 is 19.4 Å². The second-order valence-corrected chi connectivity index (χ2v) is 7.03. The van der Waals surface area contributed by atoms with E-state index in [4.69, 9.17) is 4.74 Å². The van der Waals surface area contributed by atoms with Crippen molar-refractivity contribution in [1.82, 2.24) is 4.90 Å². The SMILES string of the molecule is COc1ccccc1C(C)CC(=O)N1CCC(C(=O)O)(C(C)C)C1. The number of para-hydroxylation sites is 1. The zero-order chi connectivity index (χ0) is 17.9. The van der Waals surface area contributed by atoms with Crippen molar-refractivity contribution in [2.45, 2.75) is 39.5 Å². The third-order valence-electron chi connectivity index (χ3n) is 5.34. The highest BCUT2D eigenvalue weighted by Crippen LogP contribution is 2.39. The highest BCUT2D eigenvalue weighted by Gasteiger charge is 2.48. The lowest BCUT2D eigenvalue weighted by molar-refractivity contribution is -0.151. The Morgan fingerprint density at radius 3 is 2.50 bits per heavy atom. The summed E-state index contributed by atoms with van der Waals surface area (Å²) in [5, 5.41) is 9.61. The lowest BCUT2D eigenvalue weighted by Gasteiger charge is -2.29. The molecule has 1 N–H and O–H groups in total. The predicted molar refractivity (Wildman–Crippen MR) is 92.1 cm³/mol. The number of ether oxygens (including phenoxy) is 1. The molecule has 5 nitrogen and oxygen atoms in total. The first kappa shape index (κ1) is 18.3. The number of benzene rings is 1. The van der Waals surface area contributed by atoms with Crippen LogP contribution >= 0.6 is 0 Å². The second kappa shape index (κ2) is 7.24. The van der Waals surface area contributed by atoms with Crippen LogP contribution in [0.1, 0.15) is 45.1 Å². The first-order chi connectivity index (χ1) is 11.3. The van der Waals surface area contributed by atoms with Gasteiger partial charge in [0.2, 0.25) is 5.91 Å². The molecule has 1 aliphatic heterocycles. The summed E-state index contributed by atoms with van der Waals surface area (Å²) in [4.78, 5) is 26.1. The minimum atomic E-state index is -0.816. The Kier molecular flexibility index (Phi) is 5.52. The molecule has 1 heterocycles. The van der Waals surface area contributed by atoms with Crippen molar-refractivity contribution in [3.05, 3.63) is 29.8 Å². The monoisotopic (exact) mass is 333 g/mol. The maximum atomic E-state index is 12.7. The Balaban J connectivity index is 2.07. The molecule has 0 bridgehead atoms. The first-order valence-electron chi connectivity index (χ1n) is 8.46. The van der Waals surface area contributed by atoms with Gasteiger partial charge in [0.05, 0.1) is 12.5 Å². The standard InChI is InChI=1S/C19H27NO4/c1-13(2)19(18(22)23)9-10-20(12-19)17(21)11-14(3)15-7-5-6-8-16(15)24-4/h5-8,13-14H,9-12H2,1-4H3,(H,22,23). The lowest BCUT2D eigenvalue weighted by atomic mass is 9.76. The molecule has 1 fully saturated rings. The van der Waals surface area contributed by atoms with Crippen molar-refractivity contribution in [2.75, 3.05) is 20.2 Å². The number of hydrogen-bond donors (Lipinski definition) is 1. The zero-order valence-corrected chi connectivity index (χ0v) is 14.9. The molecule has 2 unspecified atom stereocenters. The van der Waals surface area contributed by atoms with Crippen molar-refractivity contribution in [3.63, 3.8) is 0 Å². The van der Waals surface area contributed by atoms with Crippen molar-refractivity contribution >= 4 is 11.9 Å². The zero-order valence-electron chi connectivity index (χ0n) is 14.9. The molecule has 1 saturated heterocycles. The van der Waals surface area contributed by atoms with Crippen LogP contribution in [0.4, 0.5) is 0 Å². The Labute approximate surface area is 143 Å². The summed E-state index contributed by atoms with van der Waals surface area (Å²) in [6.45, 7) is 6.65. The molecule has 0 spiro atoms. The van der Waals surface area contributed by atoms with Crippen LogP contribution in [0.15, 0.2) is 24.3 Å². The van der Waals surface area contributed by atoms with Crippen LogP contribution in [0.25, 0.3) is 0 Å². The van der Waals surface area contributed by atoms with E-state index in [1.54, 1.807) is 12.0 Å². The normalized spacial score (nSPS) is 21.8. The molecule has 1 aromatic carbocycles. The molecule has 0 saturated carbocycles. The number of hydrogen-bond acceptors (Lipinski definition) is 3. The smallest absolute Gasteiger partial charge is 0.311 e. The van der Waals surface area contributed by atoms with Gasteiger partial charge in [0.25, 0.3) is 0 Å². The highest BCUT2D eigenvalue weighted by molar-refractivity contribution is 5.81. The molecule has 1 aliphatic rings. The van der Waals surface area contributed by atoms with E-state index >= 15 is 0 Å². The van der Waals surface area contributed by atoms with Gasteiger partial charge in [0, 0.05) is 19.5 Å².